The lowest BCUT2D eigenvalue weighted by Gasteiger charge is -2.07. The third kappa shape index (κ3) is 6.04. The Morgan fingerprint density at radius 1 is 0.920 bits per heavy atom. The van der Waals surface area contributed by atoms with Crippen molar-refractivity contribution in [2.24, 2.45) is 0 Å². The van der Waals surface area contributed by atoms with E-state index in [-0.39, 0.29) is 18.5 Å². The van der Waals surface area contributed by atoms with Crippen LogP contribution in [0, 0.1) is 25.7 Å². The summed E-state index contributed by atoms with van der Waals surface area (Å²) in [5.41, 5.74) is 4.60. The first-order valence-electron chi connectivity index (χ1n) is 7.92. The van der Waals surface area contributed by atoms with Gasteiger partial charge < -0.3 is 16.0 Å². The average Bonchev–Trinajstić information content (AvgIpc) is 2.56. The number of hydrogen-bond acceptors (Lipinski definition) is 2. The number of hydrogen-bond donors (Lipinski definition) is 3. The van der Waals surface area contributed by atoms with Crippen LogP contribution in [0.4, 0.5) is 16.2 Å². The Labute approximate surface area is 147 Å². The number of benzene rings is 2. The van der Waals surface area contributed by atoms with E-state index in [2.05, 4.69) is 27.8 Å². The maximum atomic E-state index is 11.8. The minimum absolute atomic E-state index is 0.113. The van der Waals surface area contributed by atoms with E-state index < -0.39 is 0 Å². The van der Waals surface area contributed by atoms with Gasteiger partial charge >= 0.3 is 6.03 Å². The second-order valence-electron chi connectivity index (χ2n) is 5.67. The van der Waals surface area contributed by atoms with E-state index in [1.165, 1.54) is 12.5 Å². The van der Waals surface area contributed by atoms with E-state index in [1.807, 2.05) is 44.2 Å². The summed E-state index contributed by atoms with van der Waals surface area (Å²) in [7, 11) is 0. The predicted octanol–water partition coefficient (Wildman–Crippen LogP) is 3.44. The number of anilines is 2. The van der Waals surface area contributed by atoms with Gasteiger partial charge in [-0.1, -0.05) is 17.9 Å². The summed E-state index contributed by atoms with van der Waals surface area (Å²) in [5.74, 6) is 5.73. The summed E-state index contributed by atoms with van der Waals surface area (Å²) in [6.45, 7) is 5.73. The molecule has 25 heavy (non-hydrogen) atoms. The first kappa shape index (κ1) is 18.1. The minimum atomic E-state index is -0.293. The highest BCUT2D eigenvalue weighted by Crippen LogP contribution is 2.13. The Morgan fingerprint density at radius 3 is 2.24 bits per heavy atom. The molecule has 0 fully saturated rings. The van der Waals surface area contributed by atoms with E-state index in [1.54, 1.807) is 12.1 Å². The number of rotatable bonds is 3. The van der Waals surface area contributed by atoms with Gasteiger partial charge in [-0.05, 0) is 61.4 Å². The van der Waals surface area contributed by atoms with Crippen LogP contribution in [0.3, 0.4) is 0 Å². The molecule has 2 aromatic rings. The molecular weight excluding hydrogens is 314 g/mol. The van der Waals surface area contributed by atoms with Gasteiger partial charge in [-0.15, -0.1) is 0 Å². The summed E-state index contributed by atoms with van der Waals surface area (Å²) in [6, 6.07) is 12.7. The molecule has 3 N–H and O–H groups in total. The van der Waals surface area contributed by atoms with Gasteiger partial charge in [0.15, 0.2) is 0 Å². The van der Waals surface area contributed by atoms with E-state index in [9.17, 15) is 9.59 Å². The molecule has 0 aliphatic heterocycles. The normalized spacial score (nSPS) is 9.56. The molecule has 0 unspecified atom stereocenters. The van der Waals surface area contributed by atoms with Gasteiger partial charge in [-0.3, -0.25) is 4.79 Å². The summed E-state index contributed by atoms with van der Waals surface area (Å²) in [5, 5.41) is 8.16. The number of urea groups is 1. The zero-order valence-electron chi connectivity index (χ0n) is 14.6. The molecule has 0 atom stereocenters. The molecule has 2 aromatic carbocycles. The Bertz CT molecular complexity index is 830. The minimum Gasteiger partial charge on any atom is -0.327 e. The Kier molecular flexibility index (Phi) is 6.19. The molecule has 0 radical (unpaired) electrons. The molecule has 0 aromatic heterocycles. The van der Waals surface area contributed by atoms with Crippen LogP contribution >= 0.6 is 0 Å². The fourth-order valence-corrected chi connectivity index (χ4v) is 2.11. The third-order valence-corrected chi connectivity index (χ3v) is 3.54. The maximum absolute atomic E-state index is 11.8. The van der Waals surface area contributed by atoms with E-state index >= 15 is 0 Å². The molecule has 0 saturated carbocycles. The summed E-state index contributed by atoms with van der Waals surface area (Å²) in [6.07, 6.45) is 0. The molecule has 5 nitrogen and oxygen atoms in total. The van der Waals surface area contributed by atoms with Crippen molar-refractivity contribution >= 4 is 23.3 Å². The number of nitrogens with one attached hydrogen (secondary N) is 3. The number of carbonyl (C=O) groups excluding carboxylic acids is 2. The van der Waals surface area contributed by atoms with Gasteiger partial charge in [0.2, 0.25) is 5.91 Å². The fourth-order valence-electron chi connectivity index (χ4n) is 2.11. The van der Waals surface area contributed by atoms with Crippen LogP contribution in [-0.4, -0.2) is 18.5 Å². The highest BCUT2D eigenvalue weighted by Gasteiger charge is 2.01. The molecule has 0 saturated heterocycles. The van der Waals surface area contributed by atoms with Crippen molar-refractivity contribution in [1.82, 2.24) is 5.32 Å². The molecule has 0 spiro atoms. The fraction of sp³-hybridized carbons (Fsp3) is 0.200. The lowest BCUT2D eigenvalue weighted by molar-refractivity contribution is -0.114. The molecule has 0 heterocycles. The molecular formula is C20H21N3O2. The van der Waals surface area contributed by atoms with Gasteiger partial charge in [0.05, 0.1) is 6.54 Å². The smallest absolute Gasteiger partial charge is 0.319 e. The molecule has 128 valence electrons. The second-order valence-corrected chi connectivity index (χ2v) is 5.67. The summed E-state index contributed by atoms with van der Waals surface area (Å²) < 4.78 is 0. The van der Waals surface area contributed by atoms with Gasteiger partial charge in [-0.25, -0.2) is 4.79 Å². The summed E-state index contributed by atoms with van der Waals surface area (Å²) >= 11 is 0. The van der Waals surface area contributed by atoms with Crippen LogP contribution in [0.2, 0.25) is 0 Å². The zero-order chi connectivity index (χ0) is 18.2. The average molecular weight is 335 g/mol. The van der Waals surface area contributed by atoms with Crippen LogP contribution in [0.5, 0.6) is 0 Å². The van der Waals surface area contributed by atoms with Crippen LogP contribution in [0.25, 0.3) is 0 Å². The predicted molar refractivity (Wildman–Crippen MR) is 101 cm³/mol. The van der Waals surface area contributed by atoms with Crippen molar-refractivity contribution in [2.45, 2.75) is 20.8 Å². The van der Waals surface area contributed by atoms with Crippen LogP contribution in [0.1, 0.15) is 23.6 Å². The third-order valence-electron chi connectivity index (χ3n) is 3.54. The van der Waals surface area contributed by atoms with Gasteiger partial charge in [0.1, 0.15) is 0 Å². The van der Waals surface area contributed by atoms with Crippen LogP contribution in [-0.2, 0) is 4.79 Å². The first-order valence-corrected chi connectivity index (χ1v) is 7.92. The van der Waals surface area contributed by atoms with Crippen molar-refractivity contribution in [2.75, 3.05) is 17.2 Å². The van der Waals surface area contributed by atoms with Gasteiger partial charge in [-0.2, -0.15) is 0 Å². The lowest BCUT2D eigenvalue weighted by atomic mass is 10.1. The highest BCUT2D eigenvalue weighted by atomic mass is 16.2. The largest absolute Gasteiger partial charge is 0.327 e. The van der Waals surface area contributed by atoms with Gasteiger partial charge in [0, 0.05) is 23.9 Å². The first-order chi connectivity index (χ1) is 11.9. The topological polar surface area (TPSA) is 70.2 Å². The number of amides is 3. The maximum Gasteiger partial charge on any atom is 0.319 e. The van der Waals surface area contributed by atoms with Crippen molar-refractivity contribution in [1.29, 1.82) is 0 Å². The quantitative estimate of drug-likeness (QED) is 0.752. The van der Waals surface area contributed by atoms with E-state index in [0.29, 0.717) is 0 Å². The number of aryl methyl sites for hydroxylation is 2. The van der Waals surface area contributed by atoms with Crippen molar-refractivity contribution in [3.8, 4) is 11.8 Å². The molecule has 0 aliphatic rings. The van der Waals surface area contributed by atoms with Gasteiger partial charge in [0.25, 0.3) is 0 Å². The van der Waals surface area contributed by atoms with Crippen molar-refractivity contribution in [3.05, 3.63) is 59.2 Å². The lowest BCUT2D eigenvalue weighted by Crippen LogP contribution is -2.28. The van der Waals surface area contributed by atoms with E-state index in [0.717, 1.165) is 22.5 Å². The molecule has 2 rings (SSSR count). The molecule has 3 amide bonds. The van der Waals surface area contributed by atoms with Crippen LogP contribution in [0.15, 0.2) is 42.5 Å². The standard InChI is InChI=1S/C20H21N3O2/c1-14-6-9-19(13-15(14)2)23-20(25)21-12-4-5-17-7-10-18(11-8-17)22-16(3)24/h6-11,13H,12H2,1-3H3,(H,22,24)(H2,21,23,25). The molecule has 0 bridgehead atoms. The molecule has 5 heteroatoms. The van der Waals surface area contributed by atoms with Crippen molar-refractivity contribution in [3.63, 3.8) is 0 Å². The zero-order valence-corrected chi connectivity index (χ0v) is 14.6. The number of carbonyl (C=O) groups is 2. The highest BCUT2D eigenvalue weighted by molar-refractivity contribution is 5.89. The second kappa shape index (κ2) is 8.55. The van der Waals surface area contributed by atoms with E-state index in [4.69, 9.17) is 0 Å². The summed E-state index contributed by atoms with van der Waals surface area (Å²) in [4.78, 5) is 22.8. The van der Waals surface area contributed by atoms with Crippen LogP contribution < -0.4 is 16.0 Å². The monoisotopic (exact) mass is 335 g/mol. The van der Waals surface area contributed by atoms with Crippen molar-refractivity contribution < 1.29 is 9.59 Å². The Balaban J connectivity index is 1.82. The Morgan fingerprint density at radius 2 is 1.60 bits per heavy atom. The Hall–Kier alpha value is -3.26. The SMILES string of the molecule is CC(=O)Nc1ccc(C#CCNC(=O)Nc2ccc(C)c(C)c2)cc1. The molecule has 0 aliphatic carbocycles.